The van der Waals surface area contributed by atoms with Crippen LogP contribution in [0, 0.1) is 0 Å². The molecule has 1 N–H and O–H groups in total. The standard InChI is InChI=1S/C11H15NO4/c13-9-5-7-1-2-8(6-9)12(7)10(14)3-4-11(15)16/h7-8H,1-6H2,(H,15,16). The summed E-state index contributed by atoms with van der Waals surface area (Å²) >= 11 is 0. The summed E-state index contributed by atoms with van der Waals surface area (Å²) in [5.41, 5.74) is 0. The smallest absolute Gasteiger partial charge is 0.303 e. The van der Waals surface area contributed by atoms with Gasteiger partial charge in [-0.15, -0.1) is 0 Å². The highest BCUT2D eigenvalue weighted by atomic mass is 16.4. The lowest BCUT2D eigenvalue weighted by molar-refractivity contribution is -0.144. The van der Waals surface area contributed by atoms with Crippen LogP contribution in [0.5, 0.6) is 0 Å². The molecule has 88 valence electrons. The Morgan fingerprint density at radius 2 is 1.75 bits per heavy atom. The highest BCUT2D eigenvalue weighted by Crippen LogP contribution is 2.34. The van der Waals surface area contributed by atoms with Gasteiger partial charge in [0.05, 0.1) is 6.42 Å². The minimum atomic E-state index is -0.950. The van der Waals surface area contributed by atoms with Crippen molar-refractivity contribution in [2.75, 3.05) is 0 Å². The highest BCUT2D eigenvalue weighted by Gasteiger charge is 2.42. The van der Waals surface area contributed by atoms with Gasteiger partial charge in [0.15, 0.2) is 0 Å². The van der Waals surface area contributed by atoms with Crippen LogP contribution in [0.3, 0.4) is 0 Å². The van der Waals surface area contributed by atoms with Gasteiger partial charge < -0.3 is 10.0 Å². The van der Waals surface area contributed by atoms with Gasteiger partial charge in [0.25, 0.3) is 0 Å². The molecule has 2 heterocycles. The summed E-state index contributed by atoms with van der Waals surface area (Å²) in [6.45, 7) is 0. The molecule has 2 fully saturated rings. The molecule has 5 nitrogen and oxygen atoms in total. The number of aliphatic carboxylic acids is 1. The van der Waals surface area contributed by atoms with Crippen molar-refractivity contribution in [3.63, 3.8) is 0 Å². The number of rotatable bonds is 3. The maximum atomic E-state index is 11.8. The molecule has 0 radical (unpaired) electrons. The molecule has 2 unspecified atom stereocenters. The lowest BCUT2D eigenvalue weighted by Gasteiger charge is -2.34. The molecule has 1 amide bonds. The van der Waals surface area contributed by atoms with E-state index in [4.69, 9.17) is 5.11 Å². The number of carbonyl (C=O) groups is 3. The summed E-state index contributed by atoms with van der Waals surface area (Å²) < 4.78 is 0. The number of Topliss-reactive ketones (excluding diaryl/α,β-unsaturated/α-hetero) is 1. The Kier molecular flexibility index (Phi) is 2.94. The van der Waals surface area contributed by atoms with Crippen LogP contribution in [-0.2, 0) is 14.4 Å². The van der Waals surface area contributed by atoms with E-state index in [0.29, 0.717) is 12.8 Å². The van der Waals surface area contributed by atoms with Gasteiger partial charge in [-0.25, -0.2) is 0 Å². The third-order valence-corrected chi connectivity index (χ3v) is 3.39. The first-order chi connectivity index (χ1) is 7.58. The fraction of sp³-hybridized carbons (Fsp3) is 0.727. The summed E-state index contributed by atoms with van der Waals surface area (Å²) in [4.78, 5) is 35.3. The first-order valence-electron chi connectivity index (χ1n) is 5.62. The summed E-state index contributed by atoms with van der Waals surface area (Å²) in [5.74, 6) is -0.828. The molecule has 2 aliphatic heterocycles. The Morgan fingerprint density at radius 1 is 1.19 bits per heavy atom. The van der Waals surface area contributed by atoms with Crippen molar-refractivity contribution in [3.8, 4) is 0 Å². The van der Waals surface area contributed by atoms with Crippen LogP contribution in [-0.4, -0.2) is 39.7 Å². The molecule has 0 aromatic carbocycles. The van der Waals surface area contributed by atoms with E-state index in [1.807, 2.05) is 0 Å². The molecule has 0 saturated carbocycles. The molecule has 0 aromatic heterocycles. The van der Waals surface area contributed by atoms with Crippen LogP contribution in [0.1, 0.15) is 38.5 Å². The quantitative estimate of drug-likeness (QED) is 0.762. The molecule has 2 bridgehead atoms. The SMILES string of the molecule is O=C(O)CCC(=O)N1C2CCC1CC(=O)C2. The van der Waals surface area contributed by atoms with Crippen LogP contribution in [0.2, 0.25) is 0 Å². The van der Waals surface area contributed by atoms with Crippen molar-refractivity contribution in [2.24, 2.45) is 0 Å². The molecule has 0 spiro atoms. The number of ketones is 1. The number of hydrogen-bond donors (Lipinski definition) is 1. The third-order valence-electron chi connectivity index (χ3n) is 3.39. The summed E-state index contributed by atoms with van der Waals surface area (Å²) in [6.07, 6.45) is 2.61. The zero-order valence-electron chi connectivity index (χ0n) is 9.02. The molecule has 5 heteroatoms. The van der Waals surface area contributed by atoms with Crippen molar-refractivity contribution in [1.82, 2.24) is 4.90 Å². The van der Waals surface area contributed by atoms with E-state index in [1.165, 1.54) is 0 Å². The molecule has 0 aliphatic carbocycles. The van der Waals surface area contributed by atoms with Gasteiger partial charge in [-0.1, -0.05) is 0 Å². The fourth-order valence-electron chi connectivity index (χ4n) is 2.72. The van der Waals surface area contributed by atoms with Crippen molar-refractivity contribution in [2.45, 2.75) is 50.6 Å². The molecule has 2 rings (SSSR count). The van der Waals surface area contributed by atoms with E-state index in [-0.39, 0.29) is 36.6 Å². The molecular weight excluding hydrogens is 210 g/mol. The Bertz CT molecular complexity index is 323. The van der Waals surface area contributed by atoms with Crippen molar-refractivity contribution in [3.05, 3.63) is 0 Å². The number of piperidine rings is 1. The van der Waals surface area contributed by atoms with Crippen molar-refractivity contribution in [1.29, 1.82) is 0 Å². The number of carboxylic acid groups (broad SMARTS) is 1. The average molecular weight is 225 g/mol. The average Bonchev–Trinajstić information content (AvgIpc) is 2.48. The maximum absolute atomic E-state index is 11.8. The van der Waals surface area contributed by atoms with Crippen molar-refractivity contribution >= 4 is 17.7 Å². The second-order valence-electron chi connectivity index (χ2n) is 4.53. The number of carboxylic acids is 1. The van der Waals surface area contributed by atoms with Gasteiger partial charge >= 0.3 is 5.97 Å². The Hall–Kier alpha value is -1.39. The third kappa shape index (κ3) is 2.08. The Morgan fingerprint density at radius 3 is 2.25 bits per heavy atom. The second kappa shape index (κ2) is 4.23. The molecular formula is C11H15NO4. The van der Waals surface area contributed by atoms with E-state index >= 15 is 0 Å². The van der Waals surface area contributed by atoms with E-state index < -0.39 is 5.97 Å². The highest BCUT2D eigenvalue weighted by molar-refractivity contribution is 5.86. The zero-order valence-corrected chi connectivity index (χ0v) is 9.02. The monoisotopic (exact) mass is 225 g/mol. The predicted octanol–water partition coefficient (Wildman–Crippen LogP) is 0.574. The number of fused-ring (bicyclic) bond motifs is 2. The van der Waals surface area contributed by atoms with Crippen molar-refractivity contribution < 1.29 is 19.5 Å². The van der Waals surface area contributed by atoms with Crippen LogP contribution >= 0.6 is 0 Å². The summed E-state index contributed by atoms with van der Waals surface area (Å²) in [7, 11) is 0. The number of carbonyl (C=O) groups excluding carboxylic acids is 2. The number of amides is 1. The number of nitrogens with zero attached hydrogens (tertiary/aromatic N) is 1. The van der Waals surface area contributed by atoms with Gasteiger partial charge in [0, 0.05) is 31.3 Å². The van der Waals surface area contributed by atoms with Gasteiger partial charge in [-0.3, -0.25) is 14.4 Å². The second-order valence-corrected chi connectivity index (χ2v) is 4.53. The van der Waals surface area contributed by atoms with Gasteiger partial charge in [-0.05, 0) is 12.8 Å². The largest absolute Gasteiger partial charge is 0.481 e. The minimum Gasteiger partial charge on any atom is -0.481 e. The lowest BCUT2D eigenvalue weighted by atomic mass is 10.0. The van der Waals surface area contributed by atoms with E-state index in [1.54, 1.807) is 4.90 Å². The van der Waals surface area contributed by atoms with Crippen LogP contribution in [0.25, 0.3) is 0 Å². The molecule has 2 aliphatic rings. The van der Waals surface area contributed by atoms with Crippen LogP contribution in [0.15, 0.2) is 0 Å². The van der Waals surface area contributed by atoms with E-state index in [2.05, 4.69) is 0 Å². The predicted molar refractivity (Wildman–Crippen MR) is 54.8 cm³/mol. The van der Waals surface area contributed by atoms with E-state index in [9.17, 15) is 14.4 Å². The summed E-state index contributed by atoms with van der Waals surface area (Å²) in [5, 5.41) is 8.53. The molecule has 0 aromatic rings. The van der Waals surface area contributed by atoms with Gasteiger partial charge in [-0.2, -0.15) is 0 Å². The lowest BCUT2D eigenvalue weighted by Crippen LogP contribution is -2.46. The molecule has 2 saturated heterocycles. The molecule has 2 atom stereocenters. The topological polar surface area (TPSA) is 74.7 Å². The Labute approximate surface area is 93.4 Å². The first kappa shape index (κ1) is 11.1. The molecule has 16 heavy (non-hydrogen) atoms. The van der Waals surface area contributed by atoms with Gasteiger partial charge in [0.2, 0.25) is 5.91 Å². The van der Waals surface area contributed by atoms with Gasteiger partial charge in [0.1, 0.15) is 5.78 Å². The Balaban J connectivity index is 1.97. The van der Waals surface area contributed by atoms with E-state index in [0.717, 1.165) is 12.8 Å². The number of hydrogen-bond acceptors (Lipinski definition) is 3. The fourth-order valence-corrected chi connectivity index (χ4v) is 2.72. The normalized spacial score (nSPS) is 28.2. The van der Waals surface area contributed by atoms with Crippen LogP contribution < -0.4 is 0 Å². The zero-order chi connectivity index (χ0) is 11.7. The first-order valence-corrected chi connectivity index (χ1v) is 5.62. The summed E-state index contributed by atoms with van der Waals surface area (Å²) in [6, 6.07) is 0.0695. The maximum Gasteiger partial charge on any atom is 0.303 e. The minimum absolute atomic E-state index is 0.0348. The van der Waals surface area contributed by atoms with Crippen LogP contribution in [0.4, 0.5) is 0 Å².